The smallest absolute Gasteiger partial charge is 0.350 e. The molecule has 2 heterocycles. The van der Waals surface area contributed by atoms with Gasteiger partial charge < -0.3 is 19.5 Å². The molecular formula is C17H16N2O5. The summed E-state index contributed by atoms with van der Waals surface area (Å²) in [5.74, 6) is -2.29. The molecule has 3 rings (SSSR count). The summed E-state index contributed by atoms with van der Waals surface area (Å²) in [5, 5.41) is 3.80. The molecule has 7 nitrogen and oxygen atoms in total. The number of cyclic esters (lactones) is 2. The molecule has 0 unspecified atom stereocenters. The standard InChI is InChI=1S/C17H16N2O5/c1-17(2)23-15(20)11(16(21)24-17)9-18-12-6-4-5-10-7-8-13(22-3)19-14(10)12/h4-9,18H,1-3H3. The van der Waals surface area contributed by atoms with Crippen molar-refractivity contribution in [3.05, 3.63) is 42.1 Å². The Kier molecular flexibility index (Phi) is 3.84. The first-order valence-corrected chi connectivity index (χ1v) is 7.27. The van der Waals surface area contributed by atoms with Gasteiger partial charge in [-0.1, -0.05) is 12.1 Å². The van der Waals surface area contributed by atoms with E-state index in [1.54, 1.807) is 12.1 Å². The third-order valence-electron chi connectivity index (χ3n) is 3.39. The molecule has 0 bridgehead atoms. The summed E-state index contributed by atoms with van der Waals surface area (Å²) in [6.45, 7) is 2.99. The van der Waals surface area contributed by atoms with E-state index in [2.05, 4.69) is 10.3 Å². The maximum absolute atomic E-state index is 11.9. The first-order valence-electron chi connectivity index (χ1n) is 7.27. The van der Waals surface area contributed by atoms with Gasteiger partial charge in [-0.2, -0.15) is 0 Å². The zero-order valence-electron chi connectivity index (χ0n) is 13.5. The van der Waals surface area contributed by atoms with Gasteiger partial charge in [0, 0.05) is 31.5 Å². The highest BCUT2D eigenvalue weighted by molar-refractivity contribution is 6.15. The van der Waals surface area contributed by atoms with Gasteiger partial charge in [0.25, 0.3) is 5.79 Å². The number of aromatic nitrogens is 1. The van der Waals surface area contributed by atoms with Crippen LogP contribution in [0.15, 0.2) is 42.1 Å². The molecule has 0 saturated carbocycles. The molecule has 1 aliphatic heterocycles. The van der Waals surface area contributed by atoms with Crippen molar-refractivity contribution in [2.24, 2.45) is 0 Å². The Morgan fingerprint density at radius 1 is 1.12 bits per heavy atom. The largest absolute Gasteiger partial charge is 0.481 e. The average Bonchev–Trinajstić information content (AvgIpc) is 2.52. The lowest BCUT2D eigenvalue weighted by atomic mass is 10.2. The van der Waals surface area contributed by atoms with Crippen LogP contribution in [0.2, 0.25) is 0 Å². The van der Waals surface area contributed by atoms with Gasteiger partial charge in [-0.3, -0.25) is 0 Å². The molecule has 1 aliphatic rings. The summed E-state index contributed by atoms with van der Waals surface area (Å²) < 4.78 is 15.2. The number of pyridine rings is 1. The van der Waals surface area contributed by atoms with Crippen LogP contribution in [0.4, 0.5) is 5.69 Å². The van der Waals surface area contributed by atoms with Crippen LogP contribution in [0.5, 0.6) is 5.88 Å². The number of nitrogens with one attached hydrogen (secondary N) is 1. The van der Waals surface area contributed by atoms with Crippen molar-refractivity contribution in [2.75, 3.05) is 12.4 Å². The highest BCUT2D eigenvalue weighted by atomic mass is 16.7. The molecule has 1 N–H and O–H groups in total. The van der Waals surface area contributed by atoms with Crippen molar-refractivity contribution in [2.45, 2.75) is 19.6 Å². The third-order valence-corrected chi connectivity index (χ3v) is 3.39. The second-order valence-corrected chi connectivity index (χ2v) is 5.61. The van der Waals surface area contributed by atoms with E-state index in [9.17, 15) is 9.59 Å². The number of rotatable bonds is 3. The van der Waals surface area contributed by atoms with Gasteiger partial charge in [-0.25, -0.2) is 14.6 Å². The van der Waals surface area contributed by atoms with Crippen molar-refractivity contribution < 1.29 is 23.8 Å². The summed E-state index contributed by atoms with van der Waals surface area (Å²) >= 11 is 0. The van der Waals surface area contributed by atoms with E-state index < -0.39 is 17.7 Å². The molecule has 2 aromatic rings. The molecule has 24 heavy (non-hydrogen) atoms. The zero-order valence-corrected chi connectivity index (χ0v) is 13.5. The minimum atomic E-state index is -1.26. The topological polar surface area (TPSA) is 86.8 Å². The molecule has 0 radical (unpaired) electrons. The van der Waals surface area contributed by atoms with Crippen molar-refractivity contribution in [3.63, 3.8) is 0 Å². The van der Waals surface area contributed by atoms with Gasteiger partial charge in [0.05, 0.1) is 18.3 Å². The van der Waals surface area contributed by atoms with Crippen molar-refractivity contribution >= 4 is 28.5 Å². The number of hydrogen-bond donors (Lipinski definition) is 1. The number of fused-ring (bicyclic) bond motifs is 1. The van der Waals surface area contributed by atoms with Crippen LogP contribution in [0.25, 0.3) is 10.9 Å². The lowest BCUT2D eigenvalue weighted by Gasteiger charge is -2.29. The fourth-order valence-corrected chi connectivity index (χ4v) is 2.29. The Morgan fingerprint density at radius 2 is 1.83 bits per heavy atom. The molecule has 124 valence electrons. The molecule has 0 amide bonds. The zero-order chi connectivity index (χ0) is 17.3. The van der Waals surface area contributed by atoms with Gasteiger partial charge in [-0.15, -0.1) is 0 Å². The van der Waals surface area contributed by atoms with Gasteiger partial charge in [0.1, 0.15) is 0 Å². The first kappa shape index (κ1) is 15.8. The van der Waals surface area contributed by atoms with Gasteiger partial charge in [0.15, 0.2) is 5.57 Å². The van der Waals surface area contributed by atoms with Crippen LogP contribution in [-0.4, -0.2) is 29.8 Å². The minimum absolute atomic E-state index is 0.214. The van der Waals surface area contributed by atoms with Crippen LogP contribution >= 0.6 is 0 Å². The highest BCUT2D eigenvalue weighted by Gasteiger charge is 2.38. The average molecular weight is 328 g/mol. The predicted octanol–water partition coefficient (Wildman–Crippen LogP) is 2.38. The number of carbonyl (C=O) groups excluding carboxylic acids is 2. The molecule has 7 heteroatoms. The van der Waals surface area contributed by atoms with Crippen LogP contribution in [0.1, 0.15) is 13.8 Å². The number of carbonyl (C=O) groups is 2. The SMILES string of the molecule is COc1ccc2cccc(NC=C3C(=O)OC(C)(C)OC3=O)c2n1. The first-order chi connectivity index (χ1) is 11.4. The normalized spacial score (nSPS) is 16.4. The van der Waals surface area contributed by atoms with Crippen molar-refractivity contribution in [1.29, 1.82) is 0 Å². The Hall–Kier alpha value is -3.09. The quantitative estimate of drug-likeness (QED) is 0.526. The molecule has 0 atom stereocenters. The van der Waals surface area contributed by atoms with Crippen LogP contribution < -0.4 is 10.1 Å². The number of ether oxygens (including phenoxy) is 3. The van der Waals surface area contributed by atoms with Gasteiger partial charge in [-0.05, 0) is 12.1 Å². The van der Waals surface area contributed by atoms with E-state index in [0.717, 1.165) is 5.39 Å². The van der Waals surface area contributed by atoms with Crippen LogP contribution in [0, 0.1) is 0 Å². The van der Waals surface area contributed by atoms with Gasteiger partial charge in [0.2, 0.25) is 5.88 Å². The van der Waals surface area contributed by atoms with E-state index in [0.29, 0.717) is 17.1 Å². The molecule has 1 fully saturated rings. The maximum Gasteiger partial charge on any atom is 0.350 e. The predicted molar refractivity (Wildman–Crippen MR) is 86.3 cm³/mol. The maximum atomic E-state index is 11.9. The number of benzene rings is 1. The Bertz CT molecular complexity index is 835. The van der Waals surface area contributed by atoms with Crippen molar-refractivity contribution in [1.82, 2.24) is 4.98 Å². The highest BCUT2D eigenvalue weighted by Crippen LogP contribution is 2.26. The molecule has 0 spiro atoms. The monoisotopic (exact) mass is 328 g/mol. The van der Waals surface area contributed by atoms with Crippen molar-refractivity contribution in [3.8, 4) is 5.88 Å². The second-order valence-electron chi connectivity index (χ2n) is 5.61. The number of hydrogen-bond acceptors (Lipinski definition) is 7. The van der Waals surface area contributed by atoms with Crippen LogP contribution in [0.3, 0.4) is 0 Å². The summed E-state index contributed by atoms with van der Waals surface area (Å²) in [6.07, 6.45) is 1.26. The number of anilines is 1. The van der Waals surface area contributed by atoms with E-state index in [1.807, 2.05) is 18.2 Å². The number of nitrogens with zero attached hydrogens (tertiary/aromatic N) is 1. The molecular weight excluding hydrogens is 312 g/mol. The third kappa shape index (κ3) is 3.01. The summed E-state index contributed by atoms with van der Waals surface area (Å²) in [6, 6.07) is 9.12. The second kappa shape index (κ2) is 5.84. The number of methoxy groups -OCH3 is 1. The van der Waals surface area contributed by atoms with Gasteiger partial charge >= 0.3 is 11.9 Å². The summed E-state index contributed by atoms with van der Waals surface area (Å²) in [4.78, 5) is 28.2. The Morgan fingerprint density at radius 3 is 2.50 bits per heavy atom. The summed E-state index contributed by atoms with van der Waals surface area (Å²) in [7, 11) is 1.53. The van der Waals surface area contributed by atoms with E-state index in [-0.39, 0.29) is 5.57 Å². The molecule has 0 aliphatic carbocycles. The minimum Gasteiger partial charge on any atom is -0.481 e. The number of para-hydroxylation sites is 1. The lowest BCUT2D eigenvalue weighted by molar-refractivity contribution is -0.222. The molecule has 1 aromatic carbocycles. The lowest BCUT2D eigenvalue weighted by Crippen LogP contribution is -2.42. The molecule has 1 saturated heterocycles. The molecule has 1 aromatic heterocycles. The Labute approximate surface area is 138 Å². The van der Waals surface area contributed by atoms with E-state index in [1.165, 1.54) is 27.2 Å². The fourth-order valence-electron chi connectivity index (χ4n) is 2.29. The summed E-state index contributed by atoms with van der Waals surface area (Å²) in [5.41, 5.74) is 1.05. The van der Waals surface area contributed by atoms with Crippen LogP contribution in [-0.2, 0) is 19.1 Å². The fraction of sp³-hybridized carbons (Fsp3) is 0.235. The van der Waals surface area contributed by atoms with E-state index in [4.69, 9.17) is 14.2 Å². The number of esters is 2. The van der Waals surface area contributed by atoms with E-state index >= 15 is 0 Å². The Balaban J connectivity index is 1.93.